The number of hydrogen-bond donors (Lipinski definition) is 1. The van der Waals surface area contributed by atoms with Crippen molar-refractivity contribution in [3.63, 3.8) is 0 Å². The molecule has 1 fully saturated rings. The number of likely N-dealkylation sites (tertiary alicyclic amines) is 1. The summed E-state index contributed by atoms with van der Waals surface area (Å²) >= 11 is 6.24. The Hall–Kier alpha value is -1.99. The van der Waals surface area contributed by atoms with Gasteiger partial charge >= 0.3 is 6.09 Å². The highest BCUT2D eigenvalue weighted by molar-refractivity contribution is 6.32. The Labute approximate surface area is 152 Å². The third-order valence-corrected chi connectivity index (χ3v) is 4.25. The number of carbonyl (C=O) groups is 2. The van der Waals surface area contributed by atoms with Crippen LogP contribution in [-0.4, -0.2) is 63.5 Å². The van der Waals surface area contributed by atoms with Gasteiger partial charge in [0.05, 0.1) is 18.7 Å². The molecule has 1 aromatic rings. The summed E-state index contributed by atoms with van der Waals surface area (Å²) in [5.74, 6) is 0.323. The van der Waals surface area contributed by atoms with Gasteiger partial charge < -0.3 is 24.4 Å². The van der Waals surface area contributed by atoms with E-state index in [9.17, 15) is 9.59 Å². The van der Waals surface area contributed by atoms with E-state index in [1.165, 1.54) is 7.11 Å². The number of carbonyl (C=O) groups excluding carboxylic acids is 2. The summed E-state index contributed by atoms with van der Waals surface area (Å²) in [5, 5.41) is 3.12. The molecule has 0 atom stereocenters. The van der Waals surface area contributed by atoms with E-state index in [2.05, 4.69) is 5.32 Å². The van der Waals surface area contributed by atoms with E-state index in [4.69, 9.17) is 25.8 Å². The number of amides is 2. The Morgan fingerprint density at radius 1 is 1.28 bits per heavy atom. The van der Waals surface area contributed by atoms with Gasteiger partial charge in [0.15, 0.2) is 0 Å². The Morgan fingerprint density at radius 3 is 2.60 bits per heavy atom. The highest BCUT2D eigenvalue weighted by Gasteiger charge is 2.25. The molecule has 1 heterocycles. The number of rotatable bonds is 6. The second-order valence-electron chi connectivity index (χ2n) is 5.67. The van der Waals surface area contributed by atoms with Crippen LogP contribution in [0.2, 0.25) is 5.02 Å². The lowest BCUT2D eigenvalue weighted by Crippen LogP contribution is -2.41. The fourth-order valence-electron chi connectivity index (χ4n) is 2.57. The topological polar surface area (TPSA) is 77.1 Å². The van der Waals surface area contributed by atoms with Gasteiger partial charge in [-0.3, -0.25) is 4.79 Å². The van der Waals surface area contributed by atoms with Crippen LogP contribution in [0.15, 0.2) is 18.2 Å². The lowest BCUT2D eigenvalue weighted by molar-refractivity contribution is 0.0791. The van der Waals surface area contributed by atoms with Crippen LogP contribution in [0.25, 0.3) is 0 Å². The van der Waals surface area contributed by atoms with Crippen molar-refractivity contribution in [2.45, 2.75) is 18.9 Å². The third kappa shape index (κ3) is 5.51. The summed E-state index contributed by atoms with van der Waals surface area (Å²) in [5.41, 5.74) is 0.467. The average molecular weight is 371 g/mol. The molecule has 0 spiro atoms. The summed E-state index contributed by atoms with van der Waals surface area (Å²) in [6.07, 6.45) is 1.05. The predicted octanol–water partition coefficient (Wildman–Crippen LogP) is 2.33. The molecule has 1 saturated heterocycles. The van der Waals surface area contributed by atoms with E-state index < -0.39 is 0 Å². The van der Waals surface area contributed by atoms with E-state index in [0.717, 1.165) is 0 Å². The first kappa shape index (κ1) is 19.3. The van der Waals surface area contributed by atoms with Gasteiger partial charge in [-0.05, 0) is 18.2 Å². The summed E-state index contributed by atoms with van der Waals surface area (Å²) in [6, 6.07) is 4.95. The van der Waals surface area contributed by atoms with Gasteiger partial charge in [0.2, 0.25) is 0 Å². The fourth-order valence-corrected chi connectivity index (χ4v) is 2.80. The van der Waals surface area contributed by atoms with Crippen LogP contribution < -0.4 is 10.1 Å². The van der Waals surface area contributed by atoms with Gasteiger partial charge in [-0.25, -0.2) is 4.79 Å². The number of methoxy groups -OCH3 is 2. The van der Waals surface area contributed by atoms with E-state index >= 15 is 0 Å². The van der Waals surface area contributed by atoms with Crippen LogP contribution in [0.1, 0.15) is 23.2 Å². The minimum Gasteiger partial charge on any atom is -0.489 e. The first-order valence-corrected chi connectivity index (χ1v) is 8.49. The monoisotopic (exact) mass is 370 g/mol. The molecule has 0 unspecified atom stereocenters. The van der Waals surface area contributed by atoms with Crippen LogP contribution in [0.4, 0.5) is 4.79 Å². The number of ether oxygens (including phenoxy) is 3. The molecule has 0 bridgehead atoms. The van der Waals surface area contributed by atoms with E-state index in [-0.39, 0.29) is 18.1 Å². The maximum Gasteiger partial charge on any atom is 0.409 e. The van der Waals surface area contributed by atoms with Gasteiger partial charge in [0, 0.05) is 45.1 Å². The number of benzene rings is 1. The number of nitrogens with one attached hydrogen (secondary N) is 1. The normalized spacial score (nSPS) is 14.9. The molecular formula is C17H23ClN2O5. The van der Waals surface area contributed by atoms with Gasteiger partial charge in [-0.2, -0.15) is 0 Å². The molecule has 1 N–H and O–H groups in total. The van der Waals surface area contributed by atoms with Crippen molar-refractivity contribution in [3.05, 3.63) is 28.8 Å². The molecule has 2 rings (SSSR count). The smallest absolute Gasteiger partial charge is 0.409 e. The zero-order valence-electron chi connectivity index (χ0n) is 14.4. The quantitative estimate of drug-likeness (QED) is 0.778. The number of piperidine rings is 1. The highest BCUT2D eigenvalue weighted by Crippen LogP contribution is 2.28. The molecule has 138 valence electrons. The molecule has 0 radical (unpaired) electrons. The first-order chi connectivity index (χ1) is 12.0. The summed E-state index contributed by atoms with van der Waals surface area (Å²) < 4.78 is 15.5. The summed E-state index contributed by atoms with van der Waals surface area (Å²) in [4.78, 5) is 25.1. The first-order valence-electron chi connectivity index (χ1n) is 8.11. The number of hydrogen-bond acceptors (Lipinski definition) is 5. The van der Waals surface area contributed by atoms with Crippen molar-refractivity contribution in [3.8, 4) is 5.75 Å². The minimum atomic E-state index is -0.319. The molecule has 1 aromatic carbocycles. The van der Waals surface area contributed by atoms with Gasteiger partial charge in [0.1, 0.15) is 11.9 Å². The van der Waals surface area contributed by atoms with Crippen molar-refractivity contribution < 1.29 is 23.8 Å². The second-order valence-corrected chi connectivity index (χ2v) is 6.08. The Bertz CT molecular complexity index is 603. The number of nitrogens with zero attached hydrogens (tertiary/aromatic N) is 1. The Morgan fingerprint density at radius 2 is 2.00 bits per heavy atom. The van der Waals surface area contributed by atoms with Crippen LogP contribution in [-0.2, 0) is 9.47 Å². The van der Waals surface area contributed by atoms with Gasteiger partial charge in [-0.1, -0.05) is 11.6 Å². The molecule has 1 aliphatic rings. The molecule has 25 heavy (non-hydrogen) atoms. The van der Waals surface area contributed by atoms with Crippen molar-refractivity contribution >= 4 is 23.6 Å². The van der Waals surface area contributed by atoms with Gasteiger partial charge in [-0.15, -0.1) is 0 Å². The molecular weight excluding hydrogens is 348 g/mol. The lowest BCUT2D eigenvalue weighted by atomic mass is 10.1. The highest BCUT2D eigenvalue weighted by atomic mass is 35.5. The molecule has 1 aliphatic heterocycles. The van der Waals surface area contributed by atoms with Gasteiger partial charge in [0.25, 0.3) is 5.91 Å². The van der Waals surface area contributed by atoms with Crippen molar-refractivity contribution in [1.82, 2.24) is 10.2 Å². The van der Waals surface area contributed by atoms with Crippen molar-refractivity contribution in [1.29, 1.82) is 0 Å². The van der Waals surface area contributed by atoms with E-state index in [0.29, 0.717) is 55.4 Å². The second kappa shape index (κ2) is 9.48. The molecule has 8 heteroatoms. The molecule has 0 aromatic heterocycles. The Balaban J connectivity index is 1.89. The molecule has 7 nitrogen and oxygen atoms in total. The Kier molecular flexibility index (Phi) is 7.33. The summed E-state index contributed by atoms with van der Waals surface area (Å²) in [7, 11) is 2.95. The van der Waals surface area contributed by atoms with E-state index in [1.54, 1.807) is 30.2 Å². The average Bonchev–Trinajstić information content (AvgIpc) is 2.63. The zero-order chi connectivity index (χ0) is 18.2. The van der Waals surface area contributed by atoms with E-state index in [1.807, 2.05) is 0 Å². The van der Waals surface area contributed by atoms with Crippen molar-refractivity contribution in [2.24, 2.45) is 0 Å². The maximum atomic E-state index is 12.0. The van der Waals surface area contributed by atoms with Crippen LogP contribution in [0.5, 0.6) is 5.75 Å². The fraction of sp³-hybridized carbons (Fsp3) is 0.529. The maximum absolute atomic E-state index is 12.0. The third-order valence-electron chi connectivity index (χ3n) is 3.95. The molecule has 0 aliphatic carbocycles. The SMILES string of the molecule is COCCNC(=O)c1ccc(OC2CCN(C(=O)OC)CC2)c(Cl)c1. The minimum absolute atomic E-state index is 0.0280. The standard InChI is InChI=1S/C17H23ClN2O5/c1-23-10-7-19-16(21)12-3-4-15(14(18)11-12)25-13-5-8-20(9-6-13)17(22)24-2/h3-4,11,13H,5-10H2,1-2H3,(H,19,21). The van der Waals surface area contributed by atoms with Crippen LogP contribution >= 0.6 is 11.6 Å². The zero-order valence-corrected chi connectivity index (χ0v) is 15.2. The van der Waals surface area contributed by atoms with Crippen LogP contribution in [0.3, 0.4) is 0 Å². The van der Waals surface area contributed by atoms with Crippen LogP contribution in [0, 0.1) is 0 Å². The lowest BCUT2D eigenvalue weighted by Gasteiger charge is -2.31. The number of halogens is 1. The summed E-state index contributed by atoms with van der Waals surface area (Å²) in [6.45, 7) is 2.04. The predicted molar refractivity (Wildman–Crippen MR) is 93.3 cm³/mol. The molecule has 2 amide bonds. The molecule has 0 saturated carbocycles. The largest absolute Gasteiger partial charge is 0.489 e. The van der Waals surface area contributed by atoms with Crippen molar-refractivity contribution in [2.75, 3.05) is 40.5 Å².